The molecule has 0 bridgehead atoms. The van der Waals surface area contributed by atoms with Crippen molar-refractivity contribution in [3.63, 3.8) is 0 Å². The smallest absolute Gasteiger partial charge is 0.337 e. The molecule has 0 fully saturated rings. The van der Waals surface area contributed by atoms with Crippen molar-refractivity contribution >= 4 is 23.6 Å². The van der Waals surface area contributed by atoms with Crippen LogP contribution in [0.1, 0.15) is 31.1 Å². The van der Waals surface area contributed by atoms with E-state index in [1.54, 1.807) is 31.6 Å². The van der Waals surface area contributed by atoms with E-state index in [9.17, 15) is 4.79 Å². The van der Waals surface area contributed by atoms with Crippen LogP contribution in [0.25, 0.3) is 0 Å². The average molecular weight is 326 g/mol. The Morgan fingerprint density at radius 3 is 2.64 bits per heavy atom. The van der Waals surface area contributed by atoms with Crippen molar-refractivity contribution < 1.29 is 19.0 Å². The summed E-state index contributed by atoms with van der Waals surface area (Å²) in [5.41, 5.74) is 1.20. The van der Waals surface area contributed by atoms with Gasteiger partial charge in [0.25, 0.3) is 0 Å². The van der Waals surface area contributed by atoms with Crippen LogP contribution < -0.4 is 14.8 Å². The molecule has 22 heavy (non-hydrogen) atoms. The Morgan fingerprint density at radius 1 is 1.36 bits per heavy atom. The first-order valence-electron chi connectivity index (χ1n) is 6.95. The van der Waals surface area contributed by atoms with E-state index in [0.29, 0.717) is 11.3 Å². The van der Waals surface area contributed by atoms with E-state index in [-0.39, 0.29) is 6.23 Å². The molecule has 122 valence electrons. The molecule has 1 unspecified atom stereocenters. The van der Waals surface area contributed by atoms with E-state index in [2.05, 4.69) is 14.8 Å². The molecular weight excluding hydrogens is 304 g/mol. The van der Waals surface area contributed by atoms with Gasteiger partial charge in [-0.2, -0.15) is 0 Å². The van der Waals surface area contributed by atoms with E-state index in [0.717, 1.165) is 10.7 Å². The molecule has 2 N–H and O–H groups in total. The molecule has 1 aromatic carbocycles. The Hall–Kier alpha value is -2.02. The van der Waals surface area contributed by atoms with Crippen LogP contribution in [0.15, 0.2) is 29.5 Å². The summed E-state index contributed by atoms with van der Waals surface area (Å²) in [6.07, 6.45) is 1.63. The van der Waals surface area contributed by atoms with Gasteiger partial charge in [0.15, 0.2) is 6.23 Å². The fraction of sp³-hybridized carbons (Fsp3) is 0.400. The standard InChI is InChI=1S/C13H16N2O4S.C2H6/c1-8-14-12(7-19-8)20-15-10-5-4-9(13(16)18-3)6-11(10)17-2;1-2/h4-8,14-15H,1-3H3;1-2H3. The molecule has 1 aromatic rings. The molecule has 0 spiro atoms. The van der Waals surface area contributed by atoms with E-state index >= 15 is 0 Å². The molecule has 1 aliphatic heterocycles. The molecule has 6 nitrogen and oxygen atoms in total. The van der Waals surface area contributed by atoms with Gasteiger partial charge in [0.05, 0.1) is 25.5 Å². The summed E-state index contributed by atoms with van der Waals surface area (Å²) in [7, 11) is 2.89. The molecule has 0 amide bonds. The van der Waals surface area contributed by atoms with Gasteiger partial charge >= 0.3 is 5.97 Å². The van der Waals surface area contributed by atoms with Gasteiger partial charge in [0, 0.05) is 11.9 Å². The van der Waals surface area contributed by atoms with Gasteiger partial charge in [-0.1, -0.05) is 13.8 Å². The maximum Gasteiger partial charge on any atom is 0.337 e. The number of ether oxygens (including phenoxy) is 3. The van der Waals surface area contributed by atoms with Crippen LogP contribution in [0.3, 0.4) is 0 Å². The Morgan fingerprint density at radius 2 is 2.09 bits per heavy atom. The van der Waals surface area contributed by atoms with Crippen LogP contribution in [0.2, 0.25) is 0 Å². The lowest BCUT2D eigenvalue weighted by Gasteiger charge is -2.12. The second-order valence-corrected chi connectivity index (χ2v) is 4.86. The SMILES string of the molecule is CC.COC(=O)c1ccc(NSC2=COC(C)N2)c(OC)c1. The van der Waals surface area contributed by atoms with Crippen LogP contribution in [-0.4, -0.2) is 26.4 Å². The van der Waals surface area contributed by atoms with Crippen LogP contribution >= 0.6 is 11.9 Å². The molecule has 0 aliphatic carbocycles. The Labute approximate surface area is 135 Å². The van der Waals surface area contributed by atoms with Crippen LogP contribution in [0, 0.1) is 0 Å². The first kappa shape index (κ1) is 18.0. The van der Waals surface area contributed by atoms with Crippen LogP contribution in [0.4, 0.5) is 5.69 Å². The fourth-order valence-corrected chi connectivity index (χ4v) is 2.33. The number of methoxy groups -OCH3 is 2. The highest BCUT2D eigenvalue weighted by Crippen LogP contribution is 2.30. The second-order valence-electron chi connectivity index (χ2n) is 4.02. The normalized spacial score (nSPS) is 15.5. The van der Waals surface area contributed by atoms with Crippen molar-refractivity contribution in [3.8, 4) is 5.75 Å². The molecule has 7 heteroatoms. The van der Waals surface area contributed by atoms with Crippen LogP contribution in [0.5, 0.6) is 5.75 Å². The zero-order chi connectivity index (χ0) is 16.5. The predicted octanol–water partition coefficient (Wildman–Crippen LogP) is 3.33. The minimum absolute atomic E-state index is 0.0251. The van der Waals surface area contributed by atoms with Gasteiger partial charge < -0.3 is 24.2 Å². The number of carbonyl (C=O) groups is 1. The van der Waals surface area contributed by atoms with Crippen molar-refractivity contribution in [1.29, 1.82) is 0 Å². The van der Waals surface area contributed by atoms with Crippen molar-refractivity contribution in [1.82, 2.24) is 5.32 Å². The monoisotopic (exact) mass is 326 g/mol. The number of hydrogen-bond acceptors (Lipinski definition) is 7. The van der Waals surface area contributed by atoms with Crippen LogP contribution in [-0.2, 0) is 9.47 Å². The summed E-state index contributed by atoms with van der Waals surface area (Å²) in [6, 6.07) is 5.06. The van der Waals surface area contributed by atoms with Gasteiger partial charge in [-0.3, -0.25) is 0 Å². The molecule has 0 radical (unpaired) electrons. The third-order valence-corrected chi connectivity index (χ3v) is 3.37. The Kier molecular flexibility index (Phi) is 7.45. The molecule has 1 heterocycles. The largest absolute Gasteiger partial charge is 0.495 e. The zero-order valence-electron chi connectivity index (χ0n) is 13.4. The fourth-order valence-electron chi connectivity index (χ4n) is 1.62. The topological polar surface area (TPSA) is 68.8 Å². The van der Waals surface area contributed by atoms with Gasteiger partial charge in [-0.25, -0.2) is 4.79 Å². The van der Waals surface area contributed by atoms with Gasteiger partial charge in [-0.05, 0) is 25.1 Å². The number of hydrogen-bond donors (Lipinski definition) is 2. The lowest BCUT2D eigenvalue weighted by Crippen LogP contribution is -2.18. The number of carbonyl (C=O) groups excluding carboxylic acids is 1. The van der Waals surface area contributed by atoms with E-state index < -0.39 is 5.97 Å². The first-order chi connectivity index (χ1) is 10.6. The zero-order valence-corrected chi connectivity index (χ0v) is 14.2. The van der Waals surface area contributed by atoms with Crippen molar-refractivity contribution in [2.75, 3.05) is 18.9 Å². The molecular formula is C15H22N2O4S. The highest BCUT2D eigenvalue weighted by molar-refractivity contribution is 8.04. The minimum Gasteiger partial charge on any atom is -0.495 e. The summed E-state index contributed by atoms with van der Waals surface area (Å²) in [4.78, 5) is 11.5. The average Bonchev–Trinajstić information content (AvgIpc) is 2.99. The minimum atomic E-state index is -0.398. The first-order valence-corrected chi connectivity index (χ1v) is 7.77. The molecule has 1 atom stereocenters. The molecule has 0 aromatic heterocycles. The number of nitrogens with one attached hydrogen (secondary N) is 2. The van der Waals surface area contributed by atoms with Gasteiger partial charge in [0.1, 0.15) is 17.0 Å². The molecule has 1 aliphatic rings. The Balaban J connectivity index is 0.00000116. The summed E-state index contributed by atoms with van der Waals surface area (Å²) >= 11 is 1.37. The molecule has 0 saturated heterocycles. The lowest BCUT2D eigenvalue weighted by molar-refractivity contribution is 0.0600. The lowest BCUT2D eigenvalue weighted by atomic mass is 10.2. The molecule has 0 saturated carbocycles. The number of anilines is 1. The maximum atomic E-state index is 11.5. The third kappa shape index (κ3) is 4.77. The molecule has 2 rings (SSSR count). The summed E-state index contributed by atoms with van der Waals surface area (Å²) in [6.45, 7) is 5.91. The van der Waals surface area contributed by atoms with Crippen molar-refractivity contribution in [2.45, 2.75) is 27.0 Å². The maximum absolute atomic E-state index is 11.5. The number of benzene rings is 1. The van der Waals surface area contributed by atoms with Gasteiger partial charge in [0.2, 0.25) is 0 Å². The number of rotatable bonds is 5. The summed E-state index contributed by atoms with van der Waals surface area (Å²) in [5, 5.41) is 4.00. The summed E-state index contributed by atoms with van der Waals surface area (Å²) in [5.74, 6) is 0.165. The van der Waals surface area contributed by atoms with E-state index in [1.165, 1.54) is 19.1 Å². The highest BCUT2D eigenvalue weighted by atomic mass is 32.2. The quantitative estimate of drug-likeness (QED) is 0.635. The van der Waals surface area contributed by atoms with Crippen molar-refractivity contribution in [2.24, 2.45) is 0 Å². The highest BCUT2D eigenvalue weighted by Gasteiger charge is 2.14. The Bertz CT molecular complexity index is 534. The third-order valence-electron chi connectivity index (χ3n) is 2.62. The van der Waals surface area contributed by atoms with E-state index in [4.69, 9.17) is 9.47 Å². The van der Waals surface area contributed by atoms with E-state index in [1.807, 2.05) is 20.8 Å². The second kappa shape index (κ2) is 9.09. The summed E-state index contributed by atoms with van der Waals surface area (Å²) < 4.78 is 18.3. The van der Waals surface area contributed by atoms with Gasteiger partial charge in [-0.15, -0.1) is 0 Å². The van der Waals surface area contributed by atoms with Crippen molar-refractivity contribution in [3.05, 3.63) is 35.1 Å². The predicted molar refractivity (Wildman–Crippen MR) is 88.7 cm³/mol. The number of esters is 1.